The van der Waals surface area contributed by atoms with E-state index in [-0.39, 0.29) is 11.9 Å². The van der Waals surface area contributed by atoms with E-state index in [0.29, 0.717) is 0 Å². The molecule has 4 nitrogen and oxygen atoms in total. The Hall–Kier alpha value is -0.610. The van der Waals surface area contributed by atoms with Gasteiger partial charge in [0.15, 0.2) is 0 Å². The van der Waals surface area contributed by atoms with Crippen LogP contribution in [0.5, 0.6) is 0 Å². The highest BCUT2D eigenvalue weighted by atomic mass is 16.1. The summed E-state index contributed by atoms with van der Waals surface area (Å²) >= 11 is 0. The van der Waals surface area contributed by atoms with Crippen LogP contribution >= 0.6 is 0 Å². The maximum atomic E-state index is 11.2. The molecule has 4 heteroatoms. The molecule has 1 aliphatic carbocycles. The Morgan fingerprint density at radius 3 is 2.75 bits per heavy atom. The molecule has 0 aliphatic heterocycles. The Kier molecular flexibility index (Phi) is 5.77. The Bertz CT molecular complexity index is 216. The normalized spacial score (nSPS) is 17.7. The minimum atomic E-state index is -0.228. The summed E-state index contributed by atoms with van der Waals surface area (Å²) in [6, 6.07) is -0.165. The van der Waals surface area contributed by atoms with Crippen LogP contribution in [0.25, 0.3) is 0 Å². The van der Waals surface area contributed by atoms with Crippen molar-refractivity contribution < 1.29 is 4.79 Å². The highest BCUT2D eigenvalue weighted by molar-refractivity contribution is 5.79. The van der Waals surface area contributed by atoms with Crippen molar-refractivity contribution in [1.29, 1.82) is 0 Å². The van der Waals surface area contributed by atoms with Crippen molar-refractivity contribution in [3.8, 4) is 0 Å². The molecule has 94 valence electrons. The van der Waals surface area contributed by atoms with Gasteiger partial charge in [-0.05, 0) is 51.7 Å². The minimum Gasteiger partial charge on any atom is -0.368 e. The molecule has 16 heavy (non-hydrogen) atoms. The average Bonchev–Trinajstić information content (AvgIpc) is 3.01. The molecule has 1 unspecified atom stereocenters. The van der Waals surface area contributed by atoms with Crippen LogP contribution in [0.2, 0.25) is 0 Å². The summed E-state index contributed by atoms with van der Waals surface area (Å²) in [6.45, 7) is 5.06. The van der Waals surface area contributed by atoms with Crippen molar-refractivity contribution in [2.24, 2.45) is 11.7 Å². The molecule has 0 aromatic rings. The van der Waals surface area contributed by atoms with Gasteiger partial charge in [0.1, 0.15) is 0 Å². The number of nitrogens with two attached hydrogens (primary N) is 1. The van der Waals surface area contributed by atoms with E-state index in [1.807, 2.05) is 0 Å². The lowest BCUT2D eigenvalue weighted by molar-refractivity contribution is -0.120. The molecular formula is C12H25N3O. The zero-order valence-electron chi connectivity index (χ0n) is 10.5. The monoisotopic (exact) mass is 227 g/mol. The summed E-state index contributed by atoms with van der Waals surface area (Å²) in [5.41, 5.74) is 5.36. The van der Waals surface area contributed by atoms with Gasteiger partial charge >= 0.3 is 0 Å². The van der Waals surface area contributed by atoms with Gasteiger partial charge in [-0.1, -0.05) is 6.92 Å². The zero-order valence-corrected chi connectivity index (χ0v) is 10.5. The molecule has 1 fully saturated rings. The topological polar surface area (TPSA) is 58.4 Å². The molecule has 0 heterocycles. The van der Waals surface area contributed by atoms with Crippen molar-refractivity contribution in [3.05, 3.63) is 0 Å². The quantitative estimate of drug-likeness (QED) is 0.605. The Balaban J connectivity index is 2.16. The van der Waals surface area contributed by atoms with Crippen LogP contribution in [-0.4, -0.2) is 43.5 Å². The summed E-state index contributed by atoms with van der Waals surface area (Å²) in [5, 5.41) is 3.19. The molecule has 3 N–H and O–H groups in total. The van der Waals surface area contributed by atoms with E-state index in [4.69, 9.17) is 5.73 Å². The van der Waals surface area contributed by atoms with Gasteiger partial charge in [0, 0.05) is 6.54 Å². The van der Waals surface area contributed by atoms with E-state index in [1.165, 1.54) is 19.4 Å². The van der Waals surface area contributed by atoms with Crippen LogP contribution in [0, 0.1) is 5.92 Å². The summed E-state index contributed by atoms with van der Waals surface area (Å²) < 4.78 is 0. The number of nitrogens with one attached hydrogen (secondary N) is 1. The largest absolute Gasteiger partial charge is 0.368 e. The van der Waals surface area contributed by atoms with E-state index < -0.39 is 0 Å². The van der Waals surface area contributed by atoms with Crippen molar-refractivity contribution in [2.75, 3.05) is 26.7 Å². The molecule has 1 amide bonds. The summed E-state index contributed by atoms with van der Waals surface area (Å²) in [5.74, 6) is 0.675. The second-order valence-electron chi connectivity index (χ2n) is 4.90. The van der Waals surface area contributed by atoms with Crippen molar-refractivity contribution in [2.45, 2.75) is 38.6 Å². The Morgan fingerprint density at radius 2 is 2.25 bits per heavy atom. The fourth-order valence-electron chi connectivity index (χ4n) is 1.85. The van der Waals surface area contributed by atoms with E-state index in [0.717, 1.165) is 31.8 Å². The first-order chi connectivity index (χ1) is 7.63. The third-order valence-electron chi connectivity index (χ3n) is 3.05. The van der Waals surface area contributed by atoms with Gasteiger partial charge in [0.05, 0.1) is 6.04 Å². The molecule has 0 saturated heterocycles. The number of amides is 1. The molecule has 0 radical (unpaired) electrons. The summed E-state index contributed by atoms with van der Waals surface area (Å²) in [7, 11) is 2.12. The molecule has 0 aromatic heterocycles. The number of nitrogens with zero attached hydrogens (tertiary/aromatic N) is 1. The van der Waals surface area contributed by atoms with Crippen LogP contribution in [0.15, 0.2) is 0 Å². The highest BCUT2D eigenvalue weighted by Crippen LogP contribution is 2.29. The molecule has 0 spiro atoms. The fourth-order valence-corrected chi connectivity index (χ4v) is 1.85. The predicted octanol–water partition coefficient (Wildman–Crippen LogP) is 0.572. The maximum absolute atomic E-state index is 11.2. The first kappa shape index (κ1) is 13.5. The number of hydrogen-bond donors (Lipinski definition) is 2. The number of carbonyl (C=O) groups excluding carboxylic acids is 1. The van der Waals surface area contributed by atoms with E-state index >= 15 is 0 Å². The highest BCUT2D eigenvalue weighted by Gasteiger charge is 2.23. The molecule has 1 rings (SSSR count). The van der Waals surface area contributed by atoms with Gasteiger partial charge in [-0.3, -0.25) is 4.79 Å². The van der Waals surface area contributed by atoms with Gasteiger partial charge < -0.3 is 16.0 Å². The molecule has 1 aliphatic rings. The van der Waals surface area contributed by atoms with Crippen LogP contribution in [-0.2, 0) is 4.79 Å². The van der Waals surface area contributed by atoms with Gasteiger partial charge in [-0.2, -0.15) is 0 Å². The molecular weight excluding hydrogens is 202 g/mol. The molecule has 0 bridgehead atoms. The summed E-state index contributed by atoms with van der Waals surface area (Å²) in [6.07, 6.45) is 4.59. The second kappa shape index (κ2) is 6.86. The molecule has 1 saturated carbocycles. The minimum absolute atomic E-state index is 0.165. The summed E-state index contributed by atoms with van der Waals surface area (Å²) in [4.78, 5) is 13.5. The third kappa shape index (κ3) is 5.47. The average molecular weight is 227 g/mol. The van der Waals surface area contributed by atoms with E-state index in [9.17, 15) is 4.79 Å². The van der Waals surface area contributed by atoms with Gasteiger partial charge in [-0.25, -0.2) is 0 Å². The van der Waals surface area contributed by atoms with Gasteiger partial charge in [-0.15, -0.1) is 0 Å². The lowest BCUT2D eigenvalue weighted by Gasteiger charge is -2.20. The smallest absolute Gasteiger partial charge is 0.234 e. The number of carbonyl (C=O) groups is 1. The molecule has 0 aromatic carbocycles. The lowest BCUT2D eigenvalue weighted by atomic mass is 10.2. The van der Waals surface area contributed by atoms with Gasteiger partial charge in [0.2, 0.25) is 5.91 Å². The van der Waals surface area contributed by atoms with E-state index in [2.05, 4.69) is 24.2 Å². The first-order valence-electron chi connectivity index (χ1n) is 6.34. The van der Waals surface area contributed by atoms with E-state index in [1.54, 1.807) is 0 Å². The van der Waals surface area contributed by atoms with Crippen LogP contribution in [0.4, 0.5) is 0 Å². The Morgan fingerprint density at radius 1 is 1.56 bits per heavy atom. The van der Waals surface area contributed by atoms with Crippen LogP contribution < -0.4 is 11.1 Å². The van der Waals surface area contributed by atoms with Gasteiger partial charge in [0.25, 0.3) is 0 Å². The SMILES string of the molecule is CCCNC(CCN(C)CC1CC1)C(N)=O. The number of rotatable bonds is 9. The molecule has 1 atom stereocenters. The van der Waals surface area contributed by atoms with Crippen molar-refractivity contribution >= 4 is 5.91 Å². The van der Waals surface area contributed by atoms with Crippen LogP contribution in [0.3, 0.4) is 0 Å². The predicted molar refractivity (Wildman–Crippen MR) is 66.1 cm³/mol. The van der Waals surface area contributed by atoms with Crippen molar-refractivity contribution in [3.63, 3.8) is 0 Å². The zero-order chi connectivity index (χ0) is 12.0. The van der Waals surface area contributed by atoms with Crippen molar-refractivity contribution in [1.82, 2.24) is 10.2 Å². The lowest BCUT2D eigenvalue weighted by Crippen LogP contribution is -2.43. The first-order valence-corrected chi connectivity index (χ1v) is 6.34. The standard InChI is InChI=1S/C12H25N3O/c1-3-7-14-11(12(13)16)6-8-15(2)9-10-4-5-10/h10-11,14H,3-9H2,1-2H3,(H2,13,16). The number of primary amides is 1. The Labute approximate surface area is 98.6 Å². The second-order valence-corrected chi connectivity index (χ2v) is 4.90. The van der Waals surface area contributed by atoms with Crippen LogP contribution in [0.1, 0.15) is 32.6 Å². The maximum Gasteiger partial charge on any atom is 0.234 e. The number of hydrogen-bond acceptors (Lipinski definition) is 3. The third-order valence-corrected chi connectivity index (χ3v) is 3.05. The fraction of sp³-hybridized carbons (Fsp3) is 0.917.